The number of aliphatic hydroxyl groups is 2. The van der Waals surface area contributed by atoms with Crippen molar-refractivity contribution < 1.29 is 38.9 Å². The van der Waals surface area contributed by atoms with Crippen molar-refractivity contribution in [1.82, 2.24) is 20.2 Å². The van der Waals surface area contributed by atoms with Crippen LogP contribution in [-0.2, 0) is 28.7 Å². The molecule has 1 fully saturated rings. The highest BCUT2D eigenvalue weighted by Crippen LogP contribution is 2.30. The Morgan fingerprint density at radius 3 is 2.36 bits per heavy atom. The van der Waals surface area contributed by atoms with Gasteiger partial charge in [0.1, 0.15) is 24.1 Å². The number of ether oxygens (including phenoxy) is 2. The van der Waals surface area contributed by atoms with Crippen LogP contribution in [0.4, 0.5) is 0 Å². The van der Waals surface area contributed by atoms with E-state index in [-0.39, 0.29) is 68.3 Å². The van der Waals surface area contributed by atoms with Crippen LogP contribution in [0, 0.1) is 5.41 Å². The van der Waals surface area contributed by atoms with Gasteiger partial charge in [0, 0.05) is 62.9 Å². The van der Waals surface area contributed by atoms with Gasteiger partial charge in [0.25, 0.3) is 5.56 Å². The monoisotopic (exact) mass is 658 g/mol. The van der Waals surface area contributed by atoms with Crippen molar-refractivity contribution in [3.05, 3.63) is 69.0 Å². The lowest BCUT2D eigenvalue weighted by atomic mass is 9.81. The maximum Gasteiger partial charge on any atom is 0.330 e. The van der Waals surface area contributed by atoms with E-state index in [2.05, 4.69) is 10.6 Å². The third-order valence-corrected chi connectivity index (χ3v) is 7.77. The minimum Gasteiger partial charge on any atom is -0.466 e. The first-order valence-electron chi connectivity index (χ1n) is 15.8. The van der Waals surface area contributed by atoms with E-state index in [0.717, 1.165) is 22.4 Å². The summed E-state index contributed by atoms with van der Waals surface area (Å²) in [6.07, 6.45) is -3.53. The Kier molecular flexibility index (Phi) is 13.6. The number of rotatable bonds is 16. The first-order valence-corrected chi connectivity index (χ1v) is 15.8. The molecule has 14 nitrogen and oxygen atoms in total. The lowest BCUT2D eigenvalue weighted by molar-refractivity contribution is -0.145. The Hall–Kier alpha value is -4.14. The zero-order chi connectivity index (χ0) is 34.7. The molecule has 0 bridgehead atoms. The van der Waals surface area contributed by atoms with Crippen LogP contribution >= 0.6 is 0 Å². The number of ketones is 1. The Balaban J connectivity index is 1.51. The maximum atomic E-state index is 13.0. The second kappa shape index (κ2) is 17.1. The highest BCUT2D eigenvalue weighted by Gasteiger charge is 2.44. The molecule has 6 atom stereocenters. The lowest BCUT2D eigenvalue weighted by Crippen LogP contribution is -2.41. The number of H-pyrrole nitrogens is 1. The number of nitrogens with zero attached hydrogens (tertiary/aromatic N) is 1. The van der Waals surface area contributed by atoms with Crippen LogP contribution < -0.4 is 21.9 Å². The number of aromatic amines is 1. The molecule has 14 heteroatoms. The Morgan fingerprint density at radius 1 is 1.02 bits per heavy atom. The Labute approximate surface area is 272 Å². The van der Waals surface area contributed by atoms with Gasteiger partial charge in [-0.05, 0) is 11.0 Å². The number of hydrogen-bond acceptors (Lipinski definition) is 10. The number of aliphatic hydroxyl groups excluding tert-OH is 2. The molecule has 1 saturated heterocycles. The number of carbonyl (C=O) groups is 4. The van der Waals surface area contributed by atoms with Gasteiger partial charge >= 0.3 is 11.7 Å². The minimum atomic E-state index is -1.50. The fourth-order valence-electron chi connectivity index (χ4n) is 5.43. The summed E-state index contributed by atoms with van der Waals surface area (Å²) in [5, 5.41) is 26.2. The molecule has 2 amide bonds. The van der Waals surface area contributed by atoms with Gasteiger partial charge in [0.2, 0.25) is 11.8 Å². The second-order valence-electron chi connectivity index (χ2n) is 12.9. The lowest BCUT2D eigenvalue weighted by Gasteiger charge is -2.29. The van der Waals surface area contributed by atoms with E-state index in [0.29, 0.717) is 6.42 Å². The summed E-state index contributed by atoms with van der Waals surface area (Å²) in [7, 11) is 0. The van der Waals surface area contributed by atoms with Crippen LogP contribution in [0.1, 0.15) is 83.9 Å². The van der Waals surface area contributed by atoms with Crippen molar-refractivity contribution >= 4 is 23.6 Å². The molecular formula is C33H46N4O10. The van der Waals surface area contributed by atoms with Crippen LogP contribution in [0.15, 0.2) is 52.2 Å². The summed E-state index contributed by atoms with van der Waals surface area (Å²) >= 11 is 0. The van der Waals surface area contributed by atoms with Gasteiger partial charge in [-0.1, -0.05) is 58.0 Å². The molecule has 3 rings (SSSR count). The molecule has 1 aromatic heterocycles. The van der Waals surface area contributed by atoms with Gasteiger partial charge in [-0.3, -0.25) is 33.5 Å². The summed E-state index contributed by atoms with van der Waals surface area (Å²) in [6, 6.07) is 10.0. The third-order valence-electron chi connectivity index (χ3n) is 7.77. The number of esters is 1. The van der Waals surface area contributed by atoms with Gasteiger partial charge in [0.05, 0.1) is 13.0 Å². The zero-order valence-corrected chi connectivity index (χ0v) is 27.3. The molecular weight excluding hydrogens is 612 g/mol. The van der Waals surface area contributed by atoms with E-state index in [1.165, 1.54) is 0 Å². The van der Waals surface area contributed by atoms with Crippen LogP contribution in [0.3, 0.4) is 0 Å². The van der Waals surface area contributed by atoms with E-state index in [4.69, 9.17) is 9.47 Å². The first kappa shape index (κ1) is 37.3. The molecule has 0 spiro atoms. The molecule has 258 valence electrons. The summed E-state index contributed by atoms with van der Waals surface area (Å²) in [6.45, 7) is 7.44. The molecule has 6 unspecified atom stereocenters. The predicted octanol–water partition coefficient (Wildman–Crippen LogP) is 1.06. The summed E-state index contributed by atoms with van der Waals surface area (Å²) in [5.41, 5.74) is -0.772. The van der Waals surface area contributed by atoms with Crippen molar-refractivity contribution in [3.8, 4) is 0 Å². The number of benzene rings is 1. The van der Waals surface area contributed by atoms with Gasteiger partial charge in [0.15, 0.2) is 6.23 Å². The standard InChI is InChI=1S/C33H46N4O10/c1-5-25(39)35-23(22(20-9-7-6-8-10-20)17-21(38)18-33(2,3)4)14-16-46-28(42)12-11-26(40)34-19-24-29(43)30(44)31(47-24)37-15-13-27(41)36-32(37)45/h6-10,13,15,22-24,29-31,43-44H,5,11-12,14,16-19H2,1-4H3,(H,34,40)(H,35,39)(H,36,41,45). The molecule has 5 N–H and O–H groups in total. The predicted molar refractivity (Wildman–Crippen MR) is 170 cm³/mol. The largest absolute Gasteiger partial charge is 0.466 e. The van der Waals surface area contributed by atoms with Crippen LogP contribution in [0.25, 0.3) is 0 Å². The average molecular weight is 659 g/mol. The molecule has 0 radical (unpaired) electrons. The van der Waals surface area contributed by atoms with Crippen LogP contribution in [0.5, 0.6) is 0 Å². The highest BCUT2D eigenvalue weighted by atomic mass is 16.6. The number of amides is 2. The summed E-state index contributed by atoms with van der Waals surface area (Å²) in [4.78, 5) is 75.8. The maximum absolute atomic E-state index is 13.0. The number of carbonyl (C=O) groups excluding carboxylic acids is 4. The number of nitrogens with one attached hydrogen (secondary N) is 3. The van der Waals surface area contributed by atoms with E-state index in [1.54, 1.807) is 6.92 Å². The second-order valence-corrected chi connectivity index (χ2v) is 12.9. The number of hydrogen-bond donors (Lipinski definition) is 5. The SMILES string of the molecule is CCC(=O)NC(CCOC(=O)CCC(=O)NCC1OC(n2ccc(=O)[nH]c2=O)C(O)C1O)C(CC(=O)CC(C)(C)C)c1ccccc1. The van der Waals surface area contributed by atoms with Crippen LogP contribution in [-0.4, -0.2) is 80.8 Å². The van der Waals surface area contributed by atoms with E-state index < -0.39 is 53.7 Å². The molecule has 1 aliphatic rings. The Morgan fingerprint density at radius 2 is 1.72 bits per heavy atom. The van der Waals surface area contributed by atoms with E-state index >= 15 is 0 Å². The van der Waals surface area contributed by atoms with Gasteiger partial charge in [-0.15, -0.1) is 0 Å². The molecule has 0 aliphatic carbocycles. The van der Waals surface area contributed by atoms with Crippen LogP contribution in [0.2, 0.25) is 0 Å². The molecule has 1 aliphatic heterocycles. The minimum absolute atomic E-state index is 0.0442. The molecule has 1 aromatic carbocycles. The third kappa shape index (κ3) is 11.6. The molecule has 47 heavy (non-hydrogen) atoms. The van der Waals surface area contributed by atoms with Crippen molar-refractivity contribution in [2.75, 3.05) is 13.2 Å². The number of aromatic nitrogens is 2. The van der Waals surface area contributed by atoms with Crippen molar-refractivity contribution in [2.24, 2.45) is 5.41 Å². The quantitative estimate of drug-likeness (QED) is 0.162. The van der Waals surface area contributed by atoms with E-state index in [9.17, 15) is 39.0 Å². The van der Waals surface area contributed by atoms with Gasteiger partial charge in [-0.2, -0.15) is 0 Å². The zero-order valence-electron chi connectivity index (χ0n) is 27.3. The number of Topliss-reactive ketones (excluding diaryl/α,β-unsaturated/α-hetero) is 1. The van der Waals surface area contributed by atoms with Crippen molar-refractivity contribution in [1.29, 1.82) is 0 Å². The average Bonchev–Trinajstić information content (AvgIpc) is 3.29. The fraction of sp³-hybridized carbons (Fsp3) is 0.576. The molecule has 0 saturated carbocycles. The van der Waals surface area contributed by atoms with Gasteiger partial charge in [-0.25, -0.2) is 4.79 Å². The summed E-state index contributed by atoms with van der Waals surface area (Å²) in [5.74, 6) is -1.63. The Bertz CT molecular complexity index is 1480. The van der Waals surface area contributed by atoms with E-state index in [1.807, 2.05) is 56.1 Å². The van der Waals surface area contributed by atoms with Crippen molar-refractivity contribution in [3.63, 3.8) is 0 Å². The topological polar surface area (TPSA) is 206 Å². The molecule has 2 heterocycles. The van der Waals surface area contributed by atoms with Crippen molar-refractivity contribution in [2.45, 2.75) is 103 Å². The van der Waals surface area contributed by atoms with Gasteiger partial charge < -0.3 is 30.3 Å². The smallest absolute Gasteiger partial charge is 0.330 e. The fourth-order valence-corrected chi connectivity index (χ4v) is 5.43. The normalized spacial score (nSPS) is 20.6. The molecule has 2 aromatic rings. The first-order chi connectivity index (χ1) is 22.2. The summed E-state index contributed by atoms with van der Waals surface area (Å²) < 4.78 is 11.9. The highest BCUT2D eigenvalue weighted by molar-refractivity contribution is 5.81.